The van der Waals surface area contributed by atoms with Gasteiger partial charge in [0.15, 0.2) is 0 Å². The number of para-hydroxylation sites is 5. The highest BCUT2D eigenvalue weighted by Gasteiger charge is 2.20. The summed E-state index contributed by atoms with van der Waals surface area (Å²) in [6.07, 6.45) is 0. The third-order valence-electron chi connectivity index (χ3n) is 12.3. The molecule has 0 aliphatic heterocycles. The molecule has 0 saturated heterocycles. The molecule has 286 valence electrons. The van der Waals surface area contributed by atoms with Crippen LogP contribution in [0.2, 0.25) is 0 Å². The summed E-state index contributed by atoms with van der Waals surface area (Å²) in [7, 11) is 0. The van der Waals surface area contributed by atoms with Crippen molar-refractivity contribution in [3.8, 4) is 5.69 Å². The molecule has 0 atom stereocenters. The Balaban J connectivity index is 1.06. The second-order valence-corrected chi connectivity index (χ2v) is 15.7. The van der Waals surface area contributed by atoms with Crippen LogP contribution in [-0.4, -0.2) is 4.57 Å². The van der Waals surface area contributed by atoms with E-state index in [0.717, 1.165) is 39.8 Å². The van der Waals surface area contributed by atoms with Gasteiger partial charge in [-0.15, -0.1) is 0 Å². The molecular formula is C58H39N3. The summed E-state index contributed by atoms with van der Waals surface area (Å²) >= 11 is 0. The fraction of sp³-hybridized carbons (Fsp3) is 0. The van der Waals surface area contributed by atoms with Gasteiger partial charge in [-0.3, -0.25) is 0 Å². The summed E-state index contributed by atoms with van der Waals surface area (Å²) in [5.41, 5.74) is 10.2. The van der Waals surface area contributed by atoms with Crippen molar-refractivity contribution in [1.29, 1.82) is 0 Å². The maximum atomic E-state index is 2.46. The zero-order chi connectivity index (χ0) is 40.3. The molecule has 12 rings (SSSR count). The molecule has 11 aromatic carbocycles. The van der Waals surface area contributed by atoms with Gasteiger partial charge in [0, 0.05) is 50.6 Å². The minimum atomic E-state index is 1.11. The molecule has 3 nitrogen and oxygen atoms in total. The van der Waals surface area contributed by atoms with Crippen LogP contribution in [0.4, 0.5) is 34.1 Å². The van der Waals surface area contributed by atoms with Crippen molar-refractivity contribution in [3.63, 3.8) is 0 Å². The minimum absolute atomic E-state index is 1.11. The fourth-order valence-electron chi connectivity index (χ4n) is 9.60. The number of fused-ring (bicyclic) bond motifs is 11. The summed E-state index contributed by atoms with van der Waals surface area (Å²) in [4.78, 5) is 4.66. The molecule has 0 radical (unpaired) electrons. The first-order valence-corrected chi connectivity index (χ1v) is 20.9. The van der Waals surface area contributed by atoms with Crippen molar-refractivity contribution in [2.45, 2.75) is 0 Å². The third kappa shape index (κ3) is 5.74. The Labute approximate surface area is 354 Å². The molecule has 0 fully saturated rings. The smallest absolute Gasteiger partial charge is 0.0547 e. The van der Waals surface area contributed by atoms with Gasteiger partial charge in [0.05, 0.1) is 11.0 Å². The molecule has 0 N–H and O–H groups in total. The van der Waals surface area contributed by atoms with E-state index in [1.165, 1.54) is 64.9 Å². The first kappa shape index (κ1) is 34.9. The topological polar surface area (TPSA) is 11.4 Å². The molecule has 12 aromatic rings. The number of hydrogen-bond donors (Lipinski definition) is 0. The minimum Gasteiger partial charge on any atom is -0.311 e. The molecule has 0 spiro atoms. The molecule has 61 heavy (non-hydrogen) atoms. The van der Waals surface area contributed by atoms with E-state index < -0.39 is 0 Å². The second-order valence-electron chi connectivity index (χ2n) is 15.7. The zero-order valence-corrected chi connectivity index (χ0v) is 33.4. The molecule has 0 unspecified atom stereocenters. The van der Waals surface area contributed by atoms with Crippen molar-refractivity contribution >= 4 is 99.0 Å². The quantitative estimate of drug-likeness (QED) is 0.118. The number of anilines is 6. The van der Waals surface area contributed by atoms with Crippen molar-refractivity contribution < 1.29 is 0 Å². The van der Waals surface area contributed by atoms with E-state index in [1.807, 2.05) is 0 Å². The van der Waals surface area contributed by atoms with Crippen molar-refractivity contribution in [1.82, 2.24) is 4.57 Å². The molecule has 3 heteroatoms. The van der Waals surface area contributed by atoms with Crippen LogP contribution in [0.25, 0.3) is 70.6 Å². The average Bonchev–Trinajstić information content (AvgIpc) is 3.68. The molecule has 1 heterocycles. The van der Waals surface area contributed by atoms with Gasteiger partial charge in [0.25, 0.3) is 0 Å². The number of hydrogen-bond acceptors (Lipinski definition) is 2. The highest BCUT2D eigenvalue weighted by molar-refractivity contribution is 6.31. The Morgan fingerprint density at radius 1 is 0.246 bits per heavy atom. The molecular weight excluding hydrogens is 739 g/mol. The zero-order valence-electron chi connectivity index (χ0n) is 33.4. The standard InChI is InChI=1S/C58H39N3/c1-5-17-41(18-6-1)59(42-19-7-2-8-20-42)45-30-32-46(33-31-45)61-56-28-16-15-27-51(56)58-52-39-55-50-35-34-47(60(43-21-9-3-10-22-43)44-23-11-4-12-24-44)38-54(50)49-26-14-13-25-48(49)53(55)37-40(52)29-36-57(58)61/h1-39H. The van der Waals surface area contributed by atoms with Gasteiger partial charge in [0.1, 0.15) is 0 Å². The highest BCUT2D eigenvalue weighted by atomic mass is 15.1. The Morgan fingerprint density at radius 3 is 1.25 bits per heavy atom. The number of rotatable bonds is 7. The number of benzene rings is 11. The van der Waals surface area contributed by atoms with E-state index in [1.54, 1.807) is 0 Å². The van der Waals surface area contributed by atoms with E-state index >= 15 is 0 Å². The van der Waals surface area contributed by atoms with Crippen molar-refractivity contribution in [3.05, 3.63) is 237 Å². The van der Waals surface area contributed by atoms with Crippen LogP contribution in [-0.2, 0) is 0 Å². The first-order chi connectivity index (χ1) is 30.3. The normalized spacial score (nSPS) is 11.6. The lowest BCUT2D eigenvalue weighted by Gasteiger charge is -2.26. The summed E-state index contributed by atoms with van der Waals surface area (Å²) in [6.45, 7) is 0. The maximum Gasteiger partial charge on any atom is 0.0547 e. The van der Waals surface area contributed by atoms with Gasteiger partial charge in [-0.05, 0) is 152 Å². The van der Waals surface area contributed by atoms with Crippen LogP contribution >= 0.6 is 0 Å². The average molecular weight is 778 g/mol. The van der Waals surface area contributed by atoms with Crippen molar-refractivity contribution in [2.24, 2.45) is 0 Å². The van der Waals surface area contributed by atoms with Gasteiger partial charge in [-0.1, -0.05) is 127 Å². The lowest BCUT2D eigenvalue weighted by Crippen LogP contribution is -2.09. The number of aromatic nitrogens is 1. The number of nitrogens with zero attached hydrogens (tertiary/aromatic N) is 3. The van der Waals surface area contributed by atoms with Crippen LogP contribution in [0, 0.1) is 0 Å². The van der Waals surface area contributed by atoms with Crippen LogP contribution in [0.5, 0.6) is 0 Å². The van der Waals surface area contributed by atoms with E-state index in [2.05, 4.69) is 251 Å². The van der Waals surface area contributed by atoms with Gasteiger partial charge >= 0.3 is 0 Å². The predicted octanol–water partition coefficient (Wildman–Crippen LogP) is 16.3. The Morgan fingerprint density at radius 2 is 0.672 bits per heavy atom. The second kappa shape index (κ2) is 14.3. The largest absolute Gasteiger partial charge is 0.311 e. The lowest BCUT2D eigenvalue weighted by molar-refractivity contribution is 1.17. The van der Waals surface area contributed by atoms with Gasteiger partial charge in [-0.25, -0.2) is 0 Å². The molecule has 0 saturated carbocycles. The van der Waals surface area contributed by atoms with Crippen molar-refractivity contribution in [2.75, 3.05) is 9.80 Å². The Hall–Kier alpha value is -8.14. The molecule has 0 amide bonds. The van der Waals surface area contributed by atoms with E-state index in [9.17, 15) is 0 Å². The Kier molecular flexibility index (Phi) is 8.17. The van der Waals surface area contributed by atoms with E-state index in [-0.39, 0.29) is 0 Å². The maximum absolute atomic E-state index is 2.46. The SMILES string of the molecule is c1ccc(N(c2ccccc2)c2ccc(-n3c4ccccc4c4c5cc6c7ccc(N(c8ccccc8)c8ccccc8)cc7c7ccccc7c6cc5ccc43)cc2)cc1. The van der Waals surface area contributed by atoms with Gasteiger partial charge < -0.3 is 14.4 Å². The van der Waals surface area contributed by atoms with Crippen LogP contribution < -0.4 is 9.80 Å². The molecule has 0 aliphatic rings. The first-order valence-electron chi connectivity index (χ1n) is 20.9. The van der Waals surface area contributed by atoms with E-state index in [4.69, 9.17) is 0 Å². The summed E-state index contributed by atoms with van der Waals surface area (Å²) in [6, 6.07) is 85.8. The highest BCUT2D eigenvalue weighted by Crippen LogP contribution is 2.44. The monoisotopic (exact) mass is 777 g/mol. The van der Waals surface area contributed by atoms with Crippen LogP contribution in [0.3, 0.4) is 0 Å². The third-order valence-corrected chi connectivity index (χ3v) is 12.3. The lowest BCUT2D eigenvalue weighted by atomic mass is 9.91. The van der Waals surface area contributed by atoms with Crippen LogP contribution in [0.1, 0.15) is 0 Å². The Bertz CT molecular complexity index is 3480. The van der Waals surface area contributed by atoms with E-state index in [0.29, 0.717) is 0 Å². The molecule has 0 aliphatic carbocycles. The molecule has 0 bridgehead atoms. The van der Waals surface area contributed by atoms with Gasteiger partial charge in [-0.2, -0.15) is 0 Å². The summed E-state index contributed by atoms with van der Waals surface area (Å²) in [5.74, 6) is 0. The van der Waals surface area contributed by atoms with Crippen LogP contribution in [0.15, 0.2) is 237 Å². The summed E-state index contributed by atoms with van der Waals surface area (Å²) < 4.78 is 2.43. The fourth-order valence-corrected chi connectivity index (χ4v) is 9.60. The van der Waals surface area contributed by atoms with Gasteiger partial charge in [0.2, 0.25) is 0 Å². The summed E-state index contributed by atoms with van der Waals surface area (Å²) in [5, 5.41) is 12.5. The molecule has 1 aromatic heterocycles. The predicted molar refractivity (Wildman–Crippen MR) is 260 cm³/mol.